The standard InChI is InChI=1S/C36H38N2O7S/c1-7-42-30-20-25(10-16-29(30)45-18-17-44-28-13-9-22(3)23(4)19-28)21-31-34(39)38-33(26-11-14-27(41-6)15-12-26)32(35(40)43-8-2)24(5)37-36(38)46-31/h9-16,19-21,33H,7-8,17-18H2,1-6H3/b31-21+/t33-/m1/s1. The highest BCUT2D eigenvalue weighted by Crippen LogP contribution is 2.32. The fourth-order valence-corrected chi connectivity index (χ4v) is 6.21. The number of aryl methyl sites for hydroxylation is 2. The molecule has 1 atom stereocenters. The number of hydrogen-bond donors (Lipinski definition) is 0. The van der Waals surface area contributed by atoms with Gasteiger partial charge in [-0.3, -0.25) is 9.36 Å². The number of esters is 1. The summed E-state index contributed by atoms with van der Waals surface area (Å²) in [6.45, 7) is 10.9. The lowest BCUT2D eigenvalue weighted by Gasteiger charge is -2.24. The van der Waals surface area contributed by atoms with Crippen LogP contribution < -0.4 is 33.8 Å². The summed E-state index contributed by atoms with van der Waals surface area (Å²) >= 11 is 1.26. The van der Waals surface area contributed by atoms with E-state index < -0.39 is 12.0 Å². The SMILES string of the molecule is CCOC(=O)C1=C(C)N=c2s/c(=C/c3ccc(OCCOc4ccc(C)c(C)c4)c(OCC)c3)c(=O)n2[C@@H]1c1ccc(OC)cc1. The number of allylic oxidation sites excluding steroid dienone is 1. The molecule has 0 spiro atoms. The number of carbonyl (C=O) groups excluding carboxylic acids is 1. The molecule has 240 valence electrons. The van der Waals surface area contributed by atoms with Crippen molar-refractivity contribution in [2.24, 2.45) is 4.99 Å². The van der Waals surface area contributed by atoms with Crippen LogP contribution >= 0.6 is 11.3 Å². The van der Waals surface area contributed by atoms with Gasteiger partial charge >= 0.3 is 5.97 Å². The third-order valence-electron chi connectivity index (χ3n) is 7.60. The first kappa shape index (κ1) is 32.6. The van der Waals surface area contributed by atoms with Gasteiger partial charge in [-0.25, -0.2) is 9.79 Å². The van der Waals surface area contributed by atoms with Crippen LogP contribution in [0.5, 0.6) is 23.0 Å². The molecule has 0 unspecified atom stereocenters. The van der Waals surface area contributed by atoms with Crippen molar-refractivity contribution in [3.63, 3.8) is 0 Å². The van der Waals surface area contributed by atoms with Crippen LogP contribution in [0.4, 0.5) is 0 Å². The van der Waals surface area contributed by atoms with E-state index in [0.717, 1.165) is 16.9 Å². The van der Waals surface area contributed by atoms with Gasteiger partial charge in [-0.15, -0.1) is 0 Å². The van der Waals surface area contributed by atoms with Crippen LogP contribution in [-0.2, 0) is 9.53 Å². The highest BCUT2D eigenvalue weighted by molar-refractivity contribution is 7.07. The number of methoxy groups -OCH3 is 1. The zero-order chi connectivity index (χ0) is 32.8. The zero-order valence-electron chi connectivity index (χ0n) is 26.9. The van der Waals surface area contributed by atoms with Gasteiger partial charge in [-0.05, 0) is 99.3 Å². The first-order valence-electron chi connectivity index (χ1n) is 15.2. The number of thiazole rings is 1. The minimum atomic E-state index is -0.704. The minimum absolute atomic E-state index is 0.205. The normalized spacial score (nSPS) is 14.4. The Hall–Kier alpha value is -4.83. The topological polar surface area (TPSA) is 97.6 Å². The number of fused-ring (bicyclic) bond motifs is 1. The second-order valence-electron chi connectivity index (χ2n) is 10.7. The average molecular weight is 643 g/mol. The molecule has 3 aromatic carbocycles. The summed E-state index contributed by atoms with van der Waals surface area (Å²) in [5, 5.41) is 0. The molecule has 1 aromatic heterocycles. The fraction of sp³-hybridized carbons (Fsp3) is 0.306. The third kappa shape index (κ3) is 7.02. The molecule has 0 bridgehead atoms. The van der Waals surface area contributed by atoms with Gasteiger partial charge in [0.15, 0.2) is 16.3 Å². The molecule has 0 fully saturated rings. The Morgan fingerprint density at radius 2 is 1.61 bits per heavy atom. The first-order chi connectivity index (χ1) is 22.2. The minimum Gasteiger partial charge on any atom is -0.497 e. The monoisotopic (exact) mass is 642 g/mol. The molecule has 0 amide bonds. The Morgan fingerprint density at radius 1 is 0.870 bits per heavy atom. The number of hydrogen-bond acceptors (Lipinski definition) is 9. The van der Waals surface area contributed by atoms with Crippen molar-refractivity contribution in [1.29, 1.82) is 0 Å². The number of ether oxygens (including phenoxy) is 5. The van der Waals surface area contributed by atoms with E-state index >= 15 is 0 Å². The second kappa shape index (κ2) is 14.5. The molecule has 0 saturated heterocycles. The van der Waals surface area contributed by atoms with Crippen molar-refractivity contribution < 1.29 is 28.5 Å². The van der Waals surface area contributed by atoms with Crippen molar-refractivity contribution in [2.45, 2.75) is 40.7 Å². The van der Waals surface area contributed by atoms with Crippen LogP contribution in [-0.4, -0.2) is 44.1 Å². The number of benzene rings is 3. The molecule has 5 rings (SSSR count). The third-order valence-corrected chi connectivity index (χ3v) is 8.58. The number of nitrogens with zero attached hydrogens (tertiary/aromatic N) is 2. The summed E-state index contributed by atoms with van der Waals surface area (Å²) < 4.78 is 30.5. The quantitative estimate of drug-likeness (QED) is 0.153. The van der Waals surface area contributed by atoms with Crippen LogP contribution in [0.3, 0.4) is 0 Å². The summed E-state index contributed by atoms with van der Waals surface area (Å²) in [5.41, 5.74) is 4.46. The lowest BCUT2D eigenvalue weighted by Crippen LogP contribution is -2.39. The largest absolute Gasteiger partial charge is 0.497 e. The van der Waals surface area contributed by atoms with Gasteiger partial charge in [0.1, 0.15) is 24.7 Å². The van der Waals surface area contributed by atoms with Crippen LogP contribution in [0.2, 0.25) is 0 Å². The van der Waals surface area contributed by atoms with E-state index in [1.54, 1.807) is 43.7 Å². The predicted molar refractivity (Wildman–Crippen MR) is 178 cm³/mol. The van der Waals surface area contributed by atoms with E-state index in [9.17, 15) is 9.59 Å². The Kier molecular flexibility index (Phi) is 10.3. The molecular weight excluding hydrogens is 604 g/mol. The van der Waals surface area contributed by atoms with Crippen LogP contribution in [0.1, 0.15) is 49.1 Å². The van der Waals surface area contributed by atoms with E-state index in [1.807, 2.05) is 55.5 Å². The van der Waals surface area contributed by atoms with Gasteiger partial charge in [0.05, 0.1) is 42.2 Å². The zero-order valence-corrected chi connectivity index (χ0v) is 27.7. The number of carbonyl (C=O) groups is 1. The highest BCUT2D eigenvalue weighted by atomic mass is 32.1. The predicted octanol–water partition coefficient (Wildman–Crippen LogP) is 5.28. The van der Waals surface area contributed by atoms with Gasteiger partial charge in [0, 0.05) is 0 Å². The molecule has 1 aliphatic rings. The van der Waals surface area contributed by atoms with Crippen molar-refractivity contribution in [2.75, 3.05) is 33.5 Å². The molecule has 46 heavy (non-hydrogen) atoms. The van der Waals surface area contributed by atoms with Gasteiger partial charge in [-0.2, -0.15) is 0 Å². The number of aromatic nitrogens is 1. The van der Waals surface area contributed by atoms with E-state index in [4.69, 9.17) is 23.7 Å². The van der Waals surface area contributed by atoms with Crippen molar-refractivity contribution in [1.82, 2.24) is 4.57 Å². The molecule has 1 aliphatic heterocycles. The Balaban J connectivity index is 1.44. The number of rotatable bonds is 12. The molecule has 4 aromatic rings. The molecule has 10 heteroatoms. The van der Waals surface area contributed by atoms with Gasteiger partial charge in [0.2, 0.25) is 0 Å². The molecular formula is C36H38N2O7S. The average Bonchev–Trinajstić information content (AvgIpc) is 3.35. The van der Waals surface area contributed by atoms with Gasteiger partial charge < -0.3 is 23.7 Å². The molecule has 0 N–H and O–H groups in total. The van der Waals surface area contributed by atoms with Crippen molar-refractivity contribution in [3.8, 4) is 23.0 Å². The maximum Gasteiger partial charge on any atom is 0.338 e. The maximum atomic E-state index is 14.0. The molecule has 9 nitrogen and oxygen atoms in total. The van der Waals surface area contributed by atoms with Crippen molar-refractivity contribution in [3.05, 3.63) is 114 Å². The van der Waals surface area contributed by atoms with Crippen molar-refractivity contribution >= 4 is 23.4 Å². The summed E-state index contributed by atoms with van der Waals surface area (Å²) in [6.07, 6.45) is 1.80. The maximum absolute atomic E-state index is 14.0. The van der Waals surface area contributed by atoms with E-state index in [-0.39, 0.29) is 12.2 Å². The Bertz CT molecular complexity index is 1940. The van der Waals surface area contributed by atoms with Crippen LogP contribution in [0.25, 0.3) is 6.08 Å². The summed E-state index contributed by atoms with van der Waals surface area (Å²) in [4.78, 5) is 32.3. The van der Waals surface area contributed by atoms with Gasteiger partial charge in [0.25, 0.3) is 5.56 Å². The molecule has 0 aliphatic carbocycles. The first-order valence-corrected chi connectivity index (χ1v) is 16.0. The van der Waals surface area contributed by atoms with E-state index in [0.29, 0.717) is 57.7 Å². The summed E-state index contributed by atoms with van der Waals surface area (Å²) in [6, 6.07) is 18.1. The summed E-state index contributed by atoms with van der Waals surface area (Å²) in [5.74, 6) is 2.11. The molecule has 2 heterocycles. The van der Waals surface area contributed by atoms with E-state index in [2.05, 4.69) is 18.8 Å². The highest BCUT2D eigenvalue weighted by Gasteiger charge is 2.33. The van der Waals surface area contributed by atoms with Gasteiger partial charge in [-0.1, -0.05) is 35.6 Å². The smallest absolute Gasteiger partial charge is 0.338 e. The second-order valence-corrected chi connectivity index (χ2v) is 11.7. The lowest BCUT2D eigenvalue weighted by molar-refractivity contribution is -0.139. The summed E-state index contributed by atoms with van der Waals surface area (Å²) in [7, 11) is 1.59. The lowest BCUT2D eigenvalue weighted by atomic mass is 9.96. The van der Waals surface area contributed by atoms with E-state index in [1.165, 1.54) is 22.5 Å². The molecule has 0 radical (unpaired) electrons. The Morgan fingerprint density at radius 3 is 2.30 bits per heavy atom. The van der Waals surface area contributed by atoms with Crippen LogP contribution in [0.15, 0.2) is 81.7 Å². The Labute approximate surface area is 272 Å². The van der Waals surface area contributed by atoms with Crippen LogP contribution in [0, 0.1) is 13.8 Å². The molecule has 0 saturated carbocycles. The fourth-order valence-electron chi connectivity index (χ4n) is 5.16.